The van der Waals surface area contributed by atoms with Gasteiger partial charge in [-0.1, -0.05) is 6.92 Å². The summed E-state index contributed by atoms with van der Waals surface area (Å²) < 4.78 is 10.8. The third-order valence-electron chi connectivity index (χ3n) is 2.95. The molecule has 0 saturated heterocycles. The molecule has 17 heavy (non-hydrogen) atoms. The van der Waals surface area contributed by atoms with Crippen LogP contribution in [0.15, 0.2) is 10.6 Å². The summed E-state index contributed by atoms with van der Waals surface area (Å²) in [6.45, 7) is 3.89. The highest BCUT2D eigenvalue weighted by atomic mass is 16.5. The van der Waals surface area contributed by atoms with E-state index in [-0.39, 0.29) is 0 Å². The molecule has 1 heterocycles. The lowest BCUT2D eigenvalue weighted by atomic mass is 10.1. The maximum atomic E-state index is 5.70. The zero-order valence-electron chi connectivity index (χ0n) is 10.7. The molecular formula is C13H22N2O2. The molecular weight excluding hydrogens is 216 g/mol. The molecule has 0 amide bonds. The van der Waals surface area contributed by atoms with Crippen molar-refractivity contribution in [2.24, 2.45) is 5.92 Å². The molecule has 0 spiro atoms. The van der Waals surface area contributed by atoms with Gasteiger partial charge in [-0.25, -0.2) is 4.98 Å². The van der Waals surface area contributed by atoms with E-state index in [1.54, 1.807) is 7.11 Å². The quantitative estimate of drug-likeness (QED) is 0.750. The average Bonchev–Trinajstić information content (AvgIpc) is 3.00. The van der Waals surface area contributed by atoms with Gasteiger partial charge in [0.2, 0.25) is 0 Å². The summed E-state index contributed by atoms with van der Waals surface area (Å²) in [7, 11) is 1.73. The van der Waals surface area contributed by atoms with Gasteiger partial charge in [0, 0.05) is 39.1 Å². The summed E-state index contributed by atoms with van der Waals surface area (Å²) in [6.07, 6.45) is 6.28. The van der Waals surface area contributed by atoms with Crippen molar-refractivity contribution in [2.45, 2.75) is 38.6 Å². The van der Waals surface area contributed by atoms with Gasteiger partial charge in [0.05, 0.1) is 6.20 Å². The van der Waals surface area contributed by atoms with Crippen LogP contribution in [0.2, 0.25) is 0 Å². The molecule has 2 rings (SSSR count). The van der Waals surface area contributed by atoms with E-state index in [0.29, 0.717) is 5.92 Å². The highest BCUT2D eigenvalue weighted by molar-refractivity contribution is 4.96. The Morgan fingerprint density at radius 2 is 2.41 bits per heavy atom. The molecule has 0 aromatic carbocycles. The second kappa shape index (κ2) is 6.17. The number of aromatic nitrogens is 1. The molecule has 1 unspecified atom stereocenters. The van der Waals surface area contributed by atoms with Crippen molar-refractivity contribution in [3.63, 3.8) is 0 Å². The van der Waals surface area contributed by atoms with Crippen molar-refractivity contribution in [1.82, 2.24) is 10.3 Å². The summed E-state index contributed by atoms with van der Waals surface area (Å²) in [5.74, 6) is 2.29. The number of ether oxygens (including phenoxy) is 1. The van der Waals surface area contributed by atoms with Crippen LogP contribution in [0.4, 0.5) is 0 Å². The highest BCUT2D eigenvalue weighted by Gasteiger charge is 2.20. The number of hydrogen-bond donors (Lipinski definition) is 1. The molecule has 1 N–H and O–H groups in total. The van der Waals surface area contributed by atoms with Gasteiger partial charge < -0.3 is 14.5 Å². The molecule has 0 radical (unpaired) electrons. The first-order valence-electron chi connectivity index (χ1n) is 6.44. The second-order valence-electron chi connectivity index (χ2n) is 4.96. The van der Waals surface area contributed by atoms with E-state index in [0.717, 1.165) is 43.7 Å². The summed E-state index contributed by atoms with van der Waals surface area (Å²) in [6, 6.07) is 0.756. The second-order valence-corrected chi connectivity index (χ2v) is 4.96. The van der Waals surface area contributed by atoms with Crippen molar-refractivity contribution >= 4 is 0 Å². The van der Waals surface area contributed by atoms with Gasteiger partial charge in [-0.05, 0) is 18.8 Å². The predicted octanol–water partition coefficient (Wildman–Crippen LogP) is 1.79. The number of oxazole rings is 1. The molecule has 1 aromatic rings. The van der Waals surface area contributed by atoms with Gasteiger partial charge in [0.15, 0.2) is 5.89 Å². The molecule has 0 aliphatic heterocycles. The molecule has 1 aliphatic rings. The van der Waals surface area contributed by atoms with E-state index in [9.17, 15) is 0 Å². The standard InChI is InChI=1S/C13H22N2O2/c1-10(9-16-2)7-12-8-15-13(17-12)5-6-14-11-3-4-11/h8,10-11,14H,3-7,9H2,1-2H3. The minimum absolute atomic E-state index is 0.477. The van der Waals surface area contributed by atoms with Gasteiger partial charge >= 0.3 is 0 Å². The zero-order chi connectivity index (χ0) is 12.1. The van der Waals surface area contributed by atoms with Crippen LogP contribution in [0.3, 0.4) is 0 Å². The molecule has 1 aromatic heterocycles. The first-order chi connectivity index (χ1) is 8.28. The highest BCUT2D eigenvalue weighted by Crippen LogP contribution is 2.18. The lowest BCUT2D eigenvalue weighted by Gasteiger charge is -2.06. The fourth-order valence-corrected chi connectivity index (χ4v) is 1.92. The van der Waals surface area contributed by atoms with Gasteiger partial charge in [0.1, 0.15) is 5.76 Å². The van der Waals surface area contributed by atoms with Crippen molar-refractivity contribution in [3.05, 3.63) is 17.8 Å². The number of methoxy groups -OCH3 is 1. The Balaban J connectivity index is 1.70. The summed E-state index contributed by atoms with van der Waals surface area (Å²) in [5.41, 5.74) is 0. The molecule has 1 saturated carbocycles. The number of rotatable bonds is 8. The van der Waals surface area contributed by atoms with Crippen molar-refractivity contribution in [1.29, 1.82) is 0 Å². The molecule has 1 fully saturated rings. The Bertz CT molecular complexity index is 334. The Morgan fingerprint density at radius 1 is 1.59 bits per heavy atom. The first-order valence-corrected chi connectivity index (χ1v) is 6.44. The van der Waals surface area contributed by atoms with Crippen molar-refractivity contribution < 1.29 is 9.15 Å². The van der Waals surface area contributed by atoms with Gasteiger partial charge in [-0.3, -0.25) is 0 Å². The fraction of sp³-hybridized carbons (Fsp3) is 0.769. The summed E-state index contributed by atoms with van der Waals surface area (Å²) >= 11 is 0. The van der Waals surface area contributed by atoms with E-state index < -0.39 is 0 Å². The van der Waals surface area contributed by atoms with Crippen LogP contribution in [0.25, 0.3) is 0 Å². The largest absolute Gasteiger partial charge is 0.446 e. The SMILES string of the molecule is COCC(C)Cc1cnc(CCNC2CC2)o1. The maximum absolute atomic E-state index is 5.70. The van der Waals surface area contributed by atoms with Crippen LogP contribution in [-0.2, 0) is 17.6 Å². The van der Waals surface area contributed by atoms with Crippen LogP contribution in [0.1, 0.15) is 31.4 Å². The first kappa shape index (κ1) is 12.6. The van der Waals surface area contributed by atoms with Crippen LogP contribution < -0.4 is 5.32 Å². The summed E-state index contributed by atoms with van der Waals surface area (Å²) in [5, 5.41) is 3.46. The normalized spacial score (nSPS) is 17.3. The third-order valence-corrected chi connectivity index (χ3v) is 2.95. The lowest BCUT2D eigenvalue weighted by molar-refractivity contribution is 0.156. The summed E-state index contributed by atoms with van der Waals surface area (Å²) in [4.78, 5) is 4.30. The average molecular weight is 238 g/mol. The van der Waals surface area contributed by atoms with E-state index in [2.05, 4.69) is 17.2 Å². The van der Waals surface area contributed by atoms with Crippen molar-refractivity contribution in [3.8, 4) is 0 Å². The third kappa shape index (κ3) is 4.48. The number of nitrogens with one attached hydrogen (secondary N) is 1. The Morgan fingerprint density at radius 3 is 3.12 bits per heavy atom. The van der Waals surface area contributed by atoms with Crippen LogP contribution in [-0.4, -0.2) is 31.3 Å². The monoisotopic (exact) mass is 238 g/mol. The Kier molecular flexibility index (Phi) is 4.57. The van der Waals surface area contributed by atoms with Crippen molar-refractivity contribution in [2.75, 3.05) is 20.3 Å². The predicted molar refractivity (Wildman–Crippen MR) is 66.0 cm³/mol. The molecule has 96 valence electrons. The van der Waals surface area contributed by atoms with E-state index >= 15 is 0 Å². The minimum atomic E-state index is 0.477. The smallest absolute Gasteiger partial charge is 0.195 e. The Hall–Kier alpha value is -0.870. The maximum Gasteiger partial charge on any atom is 0.195 e. The van der Waals surface area contributed by atoms with Gasteiger partial charge in [-0.15, -0.1) is 0 Å². The molecule has 0 bridgehead atoms. The molecule has 4 nitrogen and oxygen atoms in total. The van der Waals surface area contributed by atoms with Gasteiger partial charge in [-0.2, -0.15) is 0 Å². The topological polar surface area (TPSA) is 47.3 Å². The van der Waals surface area contributed by atoms with Gasteiger partial charge in [0.25, 0.3) is 0 Å². The lowest BCUT2D eigenvalue weighted by Crippen LogP contribution is -2.19. The molecule has 1 atom stereocenters. The van der Waals surface area contributed by atoms with E-state index in [1.807, 2.05) is 6.20 Å². The fourth-order valence-electron chi connectivity index (χ4n) is 1.92. The zero-order valence-corrected chi connectivity index (χ0v) is 10.7. The van der Waals surface area contributed by atoms with Crippen LogP contribution >= 0.6 is 0 Å². The van der Waals surface area contributed by atoms with E-state index in [1.165, 1.54) is 12.8 Å². The number of nitrogens with zero attached hydrogens (tertiary/aromatic N) is 1. The Labute approximate surface area is 103 Å². The van der Waals surface area contributed by atoms with Crippen LogP contribution in [0, 0.1) is 5.92 Å². The minimum Gasteiger partial charge on any atom is -0.446 e. The molecule has 1 aliphatic carbocycles. The molecule has 4 heteroatoms. The van der Waals surface area contributed by atoms with Crippen LogP contribution in [0.5, 0.6) is 0 Å². The van der Waals surface area contributed by atoms with E-state index in [4.69, 9.17) is 9.15 Å². The number of hydrogen-bond acceptors (Lipinski definition) is 4.